The fourth-order valence-electron chi connectivity index (χ4n) is 3.70. The minimum Gasteiger partial charge on any atom is -0.487 e. The molecule has 33 heavy (non-hydrogen) atoms. The van der Waals surface area contributed by atoms with Gasteiger partial charge in [0.25, 0.3) is 0 Å². The van der Waals surface area contributed by atoms with Gasteiger partial charge in [0.15, 0.2) is 0 Å². The van der Waals surface area contributed by atoms with Crippen LogP contribution in [-0.4, -0.2) is 93.1 Å². The molecule has 1 heterocycles. The molecule has 1 aromatic carbocycles. The van der Waals surface area contributed by atoms with Gasteiger partial charge in [-0.1, -0.05) is 18.8 Å². The number of amides is 1. The summed E-state index contributed by atoms with van der Waals surface area (Å²) in [5, 5.41) is 9.74. The lowest BCUT2D eigenvalue weighted by Crippen LogP contribution is -2.50. The van der Waals surface area contributed by atoms with Crippen LogP contribution in [0.25, 0.3) is 0 Å². The minimum absolute atomic E-state index is 0.0460. The number of ether oxygens (including phenoxy) is 1. The van der Waals surface area contributed by atoms with Crippen LogP contribution in [0.1, 0.15) is 32.3 Å². The van der Waals surface area contributed by atoms with E-state index in [1.54, 1.807) is 35.9 Å². The molecule has 0 saturated heterocycles. The minimum atomic E-state index is -3.89. The van der Waals surface area contributed by atoms with Gasteiger partial charge in [0.2, 0.25) is 15.9 Å². The van der Waals surface area contributed by atoms with E-state index >= 15 is 0 Å². The van der Waals surface area contributed by atoms with Crippen LogP contribution in [0.4, 0.5) is 0 Å². The van der Waals surface area contributed by atoms with Crippen molar-refractivity contribution in [2.45, 2.75) is 43.7 Å². The van der Waals surface area contributed by atoms with Gasteiger partial charge in [-0.15, -0.1) is 0 Å². The molecule has 1 fully saturated rings. The number of aliphatic hydroxyl groups is 1. The highest BCUT2D eigenvalue weighted by Crippen LogP contribution is 2.34. The molecule has 1 aliphatic heterocycles. The van der Waals surface area contributed by atoms with Gasteiger partial charge in [0, 0.05) is 37.0 Å². The average Bonchev–Trinajstić information content (AvgIpc) is 3.58. The Morgan fingerprint density at radius 1 is 1.30 bits per heavy atom. The van der Waals surface area contributed by atoms with E-state index in [0.29, 0.717) is 18.0 Å². The maximum absolute atomic E-state index is 13.5. The van der Waals surface area contributed by atoms with Crippen molar-refractivity contribution < 1.29 is 23.1 Å². The number of rotatable bonds is 6. The van der Waals surface area contributed by atoms with Crippen molar-refractivity contribution in [2.24, 2.45) is 11.8 Å². The van der Waals surface area contributed by atoms with E-state index in [4.69, 9.17) is 4.74 Å². The van der Waals surface area contributed by atoms with Gasteiger partial charge in [-0.05, 0) is 52.1 Å². The van der Waals surface area contributed by atoms with Crippen LogP contribution in [0.3, 0.4) is 0 Å². The molecule has 8 nitrogen and oxygen atoms in total. The first-order valence-corrected chi connectivity index (χ1v) is 12.8. The second-order valence-electron chi connectivity index (χ2n) is 9.46. The standard InChI is InChI=1S/C24H35N3O5S/c1-17-13-27(18(2)16-28)33(30,31)23-11-10-20(9-8-19-6-7-19)12-21(23)32-22(17)14-26(5)24(29)15-25(3)4/h10-12,17-19,22,28H,6-7,13-16H2,1-5H3/t17-,18-,22+/m1/s1. The largest absolute Gasteiger partial charge is 0.487 e. The van der Waals surface area contributed by atoms with Gasteiger partial charge in [-0.25, -0.2) is 8.42 Å². The van der Waals surface area contributed by atoms with Crippen LogP contribution in [0.15, 0.2) is 23.1 Å². The third-order valence-electron chi connectivity index (χ3n) is 6.00. The summed E-state index contributed by atoms with van der Waals surface area (Å²) >= 11 is 0. The Kier molecular flexibility index (Phi) is 8.06. The summed E-state index contributed by atoms with van der Waals surface area (Å²) in [5.41, 5.74) is 0.696. The summed E-state index contributed by atoms with van der Waals surface area (Å²) < 4.78 is 34.6. The highest BCUT2D eigenvalue weighted by molar-refractivity contribution is 7.89. The van der Waals surface area contributed by atoms with Crippen molar-refractivity contribution in [2.75, 3.05) is 47.4 Å². The first-order valence-electron chi connectivity index (χ1n) is 11.4. The van der Waals surface area contributed by atoms with Gasteiger partial charge in [-0.2, -0.15) is 4.31 Å². The Bertz CT molecular complexity index is 1030. The molecule has 1 N–H and O–H groups in total. The number of benzene rings is 1. The van der Waals surface area contributed by atoms with Gasteiger partial charge < -0.3 is 19.6 Å². The Balaban J connectivity index is 1.99. The number of sulfonamides is 1. The average molecular weight is 478 g/mol. The summed E-state index contributed by atoms with van der Waals surface area (Å²) in [4.78, 5) is 16.0. The smallest absolute Gasteiger partial charge is 0.247 e. The predicted octanol–water partition coefficient (Wildman–Crippen LogP) is 1.24. The Hall–Kier alpha value is -2.12. The van der Waals surface area contributed by atoms with E-state index in [1.807, 2.05) is 21.0 Å². The molecule has 3 atom stereocenters. The van der Waals surface area contributed by atoms with Crippen molar-refractivity contribution in [1.29, 1.82) is 0 Å². The molecule has 0 aromatic heterocycles. The van der Waals surface area contributed by atoms with E-state index in [2.05, 4.69) is 11.8 Å². The van der Waals surface area contributed by atoms with Crippen molar-refractivity contribution in [1.82, 2.24) is 14.1 Å². The molecule has 1 aromatic rings. The number of likely N-dealkylation sites (N-methyl/N-ethyl adjacent to an activating group) is 2. The van der Waals surface area contributed by atoms with Crippen LogP contribution < -0.4 is 4.74 Å². The lowest BCUT2D eigenvalue weighted by atomic mass is 10.0. The van der Waals surface area contributed by atoms with E-state index in [-0.39, 0.29) is 42.2 Å². The zero-order chi connectivity index (χ0) is 24.3. The molecule has 1 aliphatic carbocycles. The molecule has 182 valence electrons. The van der Waals surface area contributed by atoms with Gasteiger partial charge in [-0.3, -0.25) is 4.79 Å². The Morgan fingerprint density at radius 2 is 2.00 bits per heavy atom. The Morgan fingerprint density at radius 3 is 2.61 bits per heavy atom. The van der Waals surface area contributed by atoms with Gasteiger partial charge in [0.05, 0.1) is 19.7 Å². The quantitative estimate of drug-likeness (QED) is 0.620. The third-order valence-corrected chi connectivity index (χ3v) is 8.02. The molecule has 2 aliphatic rings. The van der Waals surface area contributed by atoms with E-state index < -0.39 is 22.2 Å². The normalized spacial score (nSPS) is 23.4. The van der Waals surface area contributed by atoms with Crippen molar-refractivity contribution in [3.8, 4) is 17.6 Å². The van der Waals surface area contributed by atoms with Crippen molar-refractivity contribution >= 4 is 15.9 Å². The number of fused-ring (bicyclic) bond motifs is 1. The highest BCUT2D eigenvalue weighted by atomic mass is 32.2. The van der Waals surface area contributed by atoms with E-state index in [1.165, 1.54) is 10.4 Å². The number of aliphatic hydroxyl groups excluding tert-OH is 1. The summed E-state index contributed by atoms with van der Waals surface area (Å²) in [7, 11) is 1.50. The van der Waals surface area contributed by atoms with Gasteiger partial charge >= 0.3 is 0 Å². The van der Waals surface area contributed by atoms with Crippen LogP contribution in [0, 0.1) is 23.7 Å². The number of carbonyl (C=O) groups excluding carboxylic acids is 1. The van der Waals surface area contributed by atoms with Crippen molar-refractivity contribution in [3.05, 3.63) is 23.8 Å². The summed E-state index contributed by atoms with van der Waals surface area (Å²) in [6.07, 6.45) is 1.77. The summed E-state index contributed by atoms with van der Waals surface area (Å²) in [6.45, 7) is 4.06. The van der Waals surface area contributed by atoms with Gasteiger partial charge in [0.1, 0.15) is 16.7 Å². The first-order chi connectivity index (χ1) is 15.5. The molecule has 1 saturated carbocycles. The molecular formula is C24H35N3O5S. The van der Waals surface area contributed by atoms with Crippen molar-refractivity contribution in [3.63, 3.8) is 0 Å². The fraction of sp³-hybridized carbons (Fsp3) is 0.625. The second kappa shape index (κ2) is 10.4. The van der Waals surface area contributed by atoms with E-state index in [0.717, 1.165) is 12.8 Å². The lowest BCUT2D eigenvalue weighted by Gasteiger charge is -2.37. The maximum Gasteiger partial charge on any atom is 0.247 e. The van der Waals surface area contributed by atoms with Crippen LogP contribution in [0.2, 0.25) is 0 Å². The molecule has 1 amide bonds. The molecule has 0 unspecified atom stereocenters. The first kappa shape index (κ1) is 25.5. The number of carbonyl (C=O) groups is 1. The molecule has 0 spiro atoms. The highest BCUT2D eigenvalue weighted by Gasteiger charge is 2.38. The van der Waals surface area contributed by atoms with Crippen LogP contribution >= 0.6 is 0 Å². The maximum atomic E-state index is 13.5. The molecule has 9 heteroatoms. The zero-order valence-electron chi connectivity index (χ0n) is 20.1. The molecular weight excluding hydrogens is 442 g/mol. The van der Waals surface area contributed by atoms with Crippen LogP contribution in [-0.2, 0) is 14.8 Å². The summed E-state index contributed by atoms with van der Waals surface area (Å²) in [6, 6.07) is 4.32. The molecule has 0 radical (unpaired) electrons. The van der Waals surface area contributed by atoms with E-state index in [9.17, 15) is 18.3 Å². The van der Waals surface area contributed by atoms with Crippen LogP contribution in [0.5, 0.6) is 5.75 Å². The topological polar surface area (TPSA) is 90.4 Å². The lowest BCUT2D eigenvalue weighted by molar-refractivity contribution is -0.132. The molecule has 0 bridgehead atoms. The zero-order valence-corrected chi connectivity index (χ0v) is 20.9. The number of nitrogens with zero attached hydrogens (tertiary/aromatic N) is 3. The SMILES string of the molecule is C[C@@H]1CN([C@H](C)CO)S(=O)(=O)c2ccc(C#CC3CC3)cc2O[C@H]1CN(C)C(=O)CN(C)C. The number of hydrogen-bond acceptors (Lipinski definition) is 6. The second-order valence-corrected chi connectivity index (χ2v) is 11.3. The monoisotopic (exact) mass is 477 g/mol. The predicted molar refractivity (Wildman–Crippen MR) is 126 cm³/mol. The molecule has 3 rings (SSSR count). The fourth-order valence-corrected chi connectivity index (χ4v) is 5.52. The number of hydrogen-bond donors (Lipinski definition) is 1. The Labute approximate surface area is 197 Å². The third kappa shape index (κ3) is 6.27. The summed E-state index contributed by atoms with van der Waals surface area (Å²) in [5.74, 6) is 6.70.